The zero-order chi connectivity index (χ0) is 13.8. The average molecular weight is 260 g/mol. The molecule has 2 nitrogen and oxygen atoms in total. The summed E-state index contributed by atoms with van der Waals surface area (Å²) in [5.41, 5.74) is 4.23. The van der Waals surface area contributed by atoms with Crippen molar-refractivity contribution in [2.75, 3.05) is 31.6 Å². The molecule has 0 spiro atoms. The Morgan fingerprint density at radius 2 is 2.16 bits per heavy atom. The first-order chi connectivity index (χ1) is 9.08. The number of hydrogen-bond donors (Lipinski definition) is 1. The molecule has 0 saturated carbocycles. The largest absolute Gasteiger partial charge is 0.374 e. The van der Waals surface area contributed by atoms with E-state index in [2.05, 4.69) is 56.2 Å². The molecule has 2 heteroatoms. The van der Waals surface area contributed by atoms with E-state index in [0.717, 1.165) is 12.5 Å². The molecule has 1 aromatic carbocycles. The zero-order valence-electron chi connectivity index (χ0n) is 12.9. The third kappa shape index (κ3) is 3.73. The Kier molecular flexibility index (Phi) is 4.87. The van der Waals surface area contributed by atoms with Gasteiger partial charge in [0.1, 0.15) is 0 Å². The van der Waals surface area contributed by atoms with Gasteiger partial charge in [-0.05, 0) is 61.9 Å². The maximum atomic E-state index is 3.45. The van der Waals surface area contributed by atoms with Crippen LogP contribution in [0, 0.1) is 12.8 Å². The minimum absolute atomic E-state index is 0.604. The molecule has 1 aliphatic heterocycles. The fourth-order valence-electron chi connectivity index (χ4n) is 2.85. The number of nitrogens with zero attached hydrogens (tertiary/aromatic N) is 1. The van der Waals surface area contributed by atoms with Crippen LogP contribution >= 0.6 is 0 Å². The second kappa shape index (κ2) is 6.42. The molecule has 1 heterocycles. The Hall–Kier alpha value is -1.02. The maximum Gasteiger partial charge on any atom is 0.0396 e. The lowest BCUT2D eigenvalue weighted by atomic mass is 9.99. The monoisotopic (exact) mass is 260 g/mol. The summed E-state index contributed by atoms with van der Waals surface area (Å²) in [5, 5.41) is 3.45. The third-order valence-corrected chi connectivity index (χ3v) is 4.35. The molecule has 1 aromatic rings. The first kappa shape index (κ1) is 14.4. The lowest BCUT2D eigenvalue weighted by molar-refractivity contribution is 0.533. The molecule has 1 fully saturated rings. The summed E-state index contributed by atoms with van der Waals surface area (Å²) in [4.78, 5) is 2.43. The molecule has 106 valence electrons. The predicted molar refractivity (Wildman–Crippen MR) is 84.1 cm³/mol. The minimum Gasteiger partial charge on any atom is -0.374 e. The van der Waals surface area contributed by atoms with Gasteiger partial charge < -0.3 is 10.2 Å². The molecule has 19 heavy (non-hydrogen) atoms. The molecule has 1 unspecified atom stereocenters. The van der Waals surface area contributed by atoms with Crippen molar-refractivity contribution in [3.8, 4) is 0 Å². The van der Waals surface area contributed by atoms with E-state index in [1.807, 2.05) is 0 Å². The van der Waals surface area contributed by atoms with Crippen LogP contribution in [0.3, 0.4) is 0 Å². The number of aryl methyl sites for hydroxylation is 1. The smallest absolute Gasteiger partial charge is 0.0396 e. The molecule has 1 atom stereocenters. The summed E-state index contributed by atoms with van der Waals surface area (Å²) in [5.74, 6) is 1.47. The van der Waals surface area contributed by atoms with Crippen LogP contribution in [0.25, 0.3) is 0 Å². The second-order valence-electron chi connectivity index (χ2n) is 6.27. The molecule has 1 saturated heterocycles. The second-order valence-corrected chi connectivity index (χ2v) is 6.27. The van der Waals surface area contributed by atoms with E-state index in [1.165, 1.54) is 42.7 Å². The summed E-state index contributed by atoms with van der Waals surface area (Å²) in [6, 6.07) is 6.89. The van der Waals surface area contributed by atoms with Gasteiger partial charge in [0.25, 0.3) is 0 Å². The lowest BCUT2D eigenvalue weighted by Crippen LogP contribution is -2.22. The van der Waals surface area contributed by atoms with E-state index in [-0.39, 0.29) is 0 Å². The molecule has 0 aromatic heterocycles. The van der Waals surface area contributed by atoms with Gasteiger partial charge in [0, 0.05) is 19.3 Å². The first-order valence-corrected chi connectivity index (χ1v) is 7.60. The van der Waals surface area contributed by atoms with Gasteiger partial charge in [0.05, 0.1) is 0 Å². The van der Waals surface area contributed by atoms with Crippen LogP contribution in [0.1, 0.15) is 43.7 Å². The number of anilines is 1. The number of nitrogens with one attached hydrogen (secondary N) is 1. The molecular formula is C17H28N2. The molecule has 0 radical (unpaired) electrons. The first-order valence-electron chi connectivity index (χ1n) is 7.60. The third-order valence-electron chi connectivity index (χ3n) is 4.35. The molecule has 0 bridgehead atoms. The van der Waals surface area contributed by atoms with Crippen molar-refractivity contribution in [3.63, 3.8) is 0 Å². The van der Waals surface area contributed by atoms with Crippen molar-refractivity contribution in [2.24, 2.45) is 5.92 Å². The van der Waals surface area contributed by atoms with Crippen LogP contribution in [0.4, 0.5) is 5.69 Å². The van der Waals surface area contributed by atoms with E-state index in [0.29, 0.717) is 5.92 Å². The SMILES string of the molecule is Cc1ccc(C(C)C)cc1N(C)CCC1CCNC1. The summed E-state index contributed by atoms with van der Waals surface area (Å²) in [7, 11) is 2.23. The topological polar surface area (TPSA) is 15.3 Å². The predicted octanol–water partition coefficient (Wildman–Crippen LogP) is 3.55. The average Bonchev–Trinajstić information content (AvgIpc) is 2.89. The van der Waals surface area contributed by atoms with Gasteiger partial charge in [-0.25, -0.2) is 0 Å². The quantitative estimate of drug-likeness (QED) is 0.871. The Labute approximate surface area is 118 Å². The van der Waals surface area contributed by atoms with Crippen LogP contribution in [-0.2, 0) is 0 Å². The molecule has 1 aliphatic rings. The molecule has 0 aliphatic carbocycles. The van der Waals surface area contributed by atoms with E-state index < -0.39 is 0 Å². The molecule has 1 N–H and O–H groups in total. The molecular weight excluding hydrogens is 232 g/mol. The fraction of sp³-hybridized carbons (Fsp3) is 0.647. The van der Waals surface area contributed by atoms with Crippen molar-refractivity contribution in [3.05, 3.63) is 29.3 Å². The van der Waals surface area contributed by atoms with Gasteiger partial charge in [-0.3, -0.25) is 0 Å². The number of rotatable bonds is 5. The van der Waals surface area contributed by atoms with Crippen LogP contribution < -0.4 is 10.2 Å². The minimum atomic E-state index is 0.604. The standard InChI is InChI=1S/C17H28N2/c1-13(2)16-6-5-14(3)17(11-16)19(4)10-8-15-7-9-18-12-15/h5-6,11,13,15,18H,7-10,12H2,1-4H3. The fourth-order valence-corrected chi connectivity index (χ4v) is 2.85. The normalized spacial score (nSPS) is 19.1. The van der Waals surface area contributed by atoms with Gasteiger partial charge in [0.2, 0.25) is 0 Å². The molecule has 2 rings (SSSR count). The highest BCUT2D eigenvalue weighted by atomic mass is 15.1. The van der Waals surface area contributed by atoms with Crippen molar-refractivity contribution >= 4 is 5.69 Å². The van der Waals surface area contributed by atoms with E-state index >= 15 is 0 Å². The Morgan fingerprint density at radius 1 is 1.37 bits per heavy atom. The van der Waals surface area contributed by atoms with Gasteiger partial charge in [-0.2, -0.15) is 0 Å². The van der Waals surface area contributed by atoms with Crippen molar-refractivity contribution in [2.45, 2.75) is 39.5 Å². The number of hydrogen-bond acceptors (Lipinski definition) is 2. The van der Waals surface area contributed by atoms with Gasteiger partial charge in [0.15, 0.2) is 0 Å². The maximum absolute atomic E-state index is 3.45. The van der Waals surface area contributed by atoms with Gasteiger partial charge >= 0.3 is 0 Å². The van der Waals surface area contributed by atoms with E-state index in [1.54, 1.807) is 0 Å². The Morgan fingerprint density at radius 3 is 2.79 bits per heavy atom. The van der Waals surface area contributed by atoms with Crippen molar-refractivity contribution < 1.29 is 0 Å². The zero-order valence-corrected chi connectivity index (χ0v) is 12.9. The highest BCUT2D eigenvalue weighted by Gasteiger charge is 2.15. The summed E-state index contributed by atoms with van der Waals surface area (Å²) in [6.45, 7) is 10.3. The van der Waals surface area contributed by atoms with E-state index in [4.69, 9.17) is 0 Å². The highest BCUT2D eigenvalue weighted by Crippen LogP contribution is 2.25. The van der Waals surface area contributed by atoms with Crippen molar-refractivity contribution in [1.82, 2.24) is 5.32 Å². The van der Waals surface area contributed by atoms with Gasteiger partial charge in [-0.1, -0.05) is 26.0 Å². The Bertz CT molecular complexity index is 406. The van der Waals surface area contributed by atoms with Crippen LogP contribution in [0.15, 0.2) is 18.2 Å². The Balaban J connectivity index is 2.00. The summed E-state index contributed by atoms with van der Waals surface area (Å²) >= 11 is 0. The summed E-state index contributed by atoms with van der Waals surface area (Å²) < 4.78 is 0. The van der Waals surface area contributed by atoms with Crippen LogP contribution in [0.2, 0.25) is 0 Å². The molecule has 0 amide bonds. The van der Waals surface area contributed by atoms with Crippen LogP contribution in [0.5, 0.6) is 0 Å². The van der Waals surface area contributed by atoms with E-state index in [9.17, 15) is 0 Å². The van der Waals surface area contributed by atoms with Crippen LogP contribution in [-0.4, -0.2) is 26.7 Å². The summed E-state index contributed by atoms with van der Waals surface area (Å²) in [6.07, 6.45) is 2.65. The number of benzene rings is 1. The van der Waals surface area contributed by atoms with Gasteiger partial charge in [-0.15, -0.1) is 0 Å². The lowest BCUT2D eigenvalue weighted by Gasteiger charge is -2.24. The van der Waals surface area contributed by atoms with Crippen molar-refractivity contribution in [1.29, 1.82) is 0 Å². The highest BCUT2D eigenvalue weighted by molar-refractivity contribution is 5.55.